The minimum Gasteiger partial charge on any atom is -0.468 e. The molecule has 0 bridgehead atoms. The van der Waals surface area contributed by atoms with Crippen LogP contribution in [0.1, 0.15) is 33.0 Å². The average molecular weight is 238 g/mol. The Morgan fingerprint density at radius 1 is 1.41 bits per heavy atom. The van der Waals surface area contributed by atoms with E-state index in [4.69, 9.17) is 4.42 Å². The number of carbonyl (C=O) groups excluding carboxylic acids is 1. The van der Waals surface area contributed by atoms with Gasteiger partial charge in [-0.15, -0.1) is 0 Å². The van der Waals surface area contributed by atoms with Gasteiger partial charge in [0.25, 0.3) is 0 Å². The van der Waals surface area contributed by atoms with Gasteiger partial charge in [-0.3, -0.25) is 10.1 Å². The van der Waals surface area contributed by atoms with Crippen LogP contribution in [0.5, 0.6) is 0 Å². The predicted octanol–water partition coefficient (Wildman–Crippen LogP) is 1.92. The summed E-state index contributed by atoms with van der Waals surface area (Å²) in [5.74, 6) is 1.49. The van der Waals surface area contributed by atoms with Crippen molar-refractivity contribution in [2.24, 2.45) is 5.92 Å². The Morgan fingerprint density at radius 2 is 2.18 bits per heavy atom. The molecule has 0 aliphatic heterocycles. The van der Waals surface area contributed by atoms with Gasteiger partial charge in [0.2, 0.25) is 5.91 Å². The minimum absolute atomic E-state index is 0.0391. The zero-order chi connectivity index (χ0) is 12.7. The molecule has 1 atom stereocenters. The van der Waals surface area contributed by atoms with Crippen LogP contribution in [0, 0.1) is 5.92 Å². The van der Waals surface area contributed by atoms with Crippen LogP contribution in [-0.4, -0.2) is 18.5 Å². The van der Waals surface area contributed by atoms with E-state index in [9.17, 15) is 4.79 Å². The van der Waals surface area contributed by atoms with Crippen LogP contribution in [0.2, 0.25) is 0 Å². The molecule has 0 aromatic carbocycles. The molecule has 0 saturated carbocycles. The molecule has 1 aromatic rings. The minimum atomic E-state index is -0.202. The lowest BCUT2D eigenvalue weighted by Crippen LogP contribution is -2.42. The highest BCUT2D eigenvalue weighted by Gasteiger charge is 2.11. The molecule has 0 fully saturated rings. The van der Waals surface area contributed by atoms with E-state index in [0.717, 1.165) is 18.7 Å². The number of amides is 1. The van der Waals surface area contributed by atoms with Crippen molar-refractivity contribution in [3.8, 4) is 0 Å². The summed E-state index contributed by atoms with van der Waals surface area (Å²) in [7, 11) is 0. The Labute approximate surface area is 103 Å². The molecular weight excluding hydrogens is 216 g/mol. The highest BCUT2D eigenvalue weighted by molar-refractivity contribution is 5.81. The highest BCUT2D eigenvalue weighted by Crippen LogP contribution is 2.00. The Bertz CT molecular complexity index is 320. The van der Waals surface area contributed by atoms with E-state index >= 15 is 0 Å². The van der Waals surface area contributed by atoms with Crippen molar-refractivity contribution in [1.29, 1.82) is 0 Å². The summed E-state index contributed by atoms with van der Waals surface area (Å²) < 4.78 is 5.18. The normalized spacial score (nSPS) is 12.7. The standard InChI is InChI=1S/C13H22N2O2/c1-10(2)6-7-14-13(16)11(3)15-9-12-5-4-8-17-12/h4-5,8,10-11,15H,6-7,9H2,1-3H3,(H,14,16). The first-order valence-electron chi connectivity index (χ1n) is 6.13. The molecule has 1 unspecified atom stereocenters. The second kappa shape index (κ2) is 7.12. The summed E-state index contributed by atoms with van der Waals surface area (Å²) in [4.78, 5) is 11.7. The monoisotopic (exact) mass is 238 g/mol. The van der Waals surface area contributed by atoms with Gasteiger partial charge in [-0.25, -0.2) is 0 Å². The fraction of sp³-hybridized carbons (Fsp3) is 0.615. The lowest BCUT2D eigenvalue weighted by atomic mass is 10.1. The SMILES string of the molecule is CC(C)CCNC(=O)C(C)NCc1ccco1. The maximum atomic E-state index is 11.7. The van der Waals surface area contributed by atoms with Crippen LogP contribution in [0.15, 0.2) is 22.8 Å². The van der Waals surface area contributed by atoms with Crippen molar-refractivity contribution in [1.82, 2.24) is 10.6 Å². The van der Waals surface area contributed by atoms with E-state index in [-0.39, 0.29) is 11.9 Å². The number of carbonyl (C=O) groups is 1. The molecular formula is C13H22N2O2. The molecule has 0 radical (unpaired) electrons. The third kappa shape index (κ3) is 5.54. The maximum absolute atomic E-state index is 11.7. The molecule has 1 aromatic heterocycles. The van der Waals surface area contributed by atoms with E-state index in [1.54, 1.807) is 6.26 Å². The van der Waals surface area contributed by atoms with Crippen molar-refractivity contribution in [2.45, 2.75) is 39.8 Å². The molecule has 1 heterocycles. The van der Waals surface area contributed by atoms with Crippen LogP contribution >= 0.6 is 0 Å². The molecule has 4 heteroatoms. The van der Waals surface area contributed by atoms with Crippen LogP contribution in [0.3, 0.4) is 0 Å². The van der Waals surface area contributed by atoms with Crippen LogP contribution < -0.4 is 10.6 Å². The Hall–Kier alpha value is -1.29. The van der Waals surface area contributed by atoms with Gasteiger partial charge in [0.1, 0.15) is 5.76 Å². The van der Waals surface area contributed by atoms with Crippen molar-refractivity contribution in [2.75, 3.05) is 6.54 Å². The second-order valence-corrected chi connectivity index (χ2v) is 4.66. The van der Waals surface area contributed by atoms with Gasteiger partial charge in [0.15, 0.2) is 0 Å². The van der Waals surface area contributed by atoms with Crippen molar-refractivity contribution < 1.29 is 9.21 Å². The van der Waals surface area contributed by atoms with E-state index in [1.807, 2.05) is 19.1 Å². The van der Waals surface area contributed by atoms with Crippen molar-refractivity contribution in [3.63, 3.8) is 0 Å². The van der Waals surface area contributed by atoms with E-state index in [1.165, 1.54) is 0 Å². The van der Waals surface area contributed by atoms with Gasteiger partial charge < -0.3 is 9.73 Å². The largest absolute Gasteiger partial charge is 0.468 e. The highest BCUT2D eigenvalue weighted by atomic mass is 16.3. The molecule has 17 heavy (non-hydrogen) atoms. The quantitative estimate of drug-likeness (QED) is 0.763. The molecule has 0 spiro atoms. The van der Waals surface area contributed by atoms with Crippen molar-refractivity contribution >= 4 is 5.91 Å². The van der Waals surface area contributed by atoms with Gasteiger partial charge in [0.05, 0.1) is 18.8 Å². The first-order valence-corrected chi connectivity index (χ1v) is 6.13. The van der Waals surface area contributed by atoms with Crippen LogP contribution in [-0.2, 0) is 11.3 Å². The molecule has 1 amide bonds. The smallest absolute Gasteiger partial charge is 0.236 e. The number of rotatable bonds is 7. The summed E-state index contributed by atoms with van der Waals surface area (Å²) in [6.07, 6.45) is 2.64. The Kier molecular flexibility index (Phi) is 5.77. The number of hydrogen-bond acceptors (Lipinski definition) is 3. The fourth-order valence-corrected chi connectivity index (χ4v) is 1.40. The van der Waals surface area contributed by atoms with Gasteiger partial charge in [-0.1, -0.05) is 13.8 Å². The summed E-state index contributed by atoms with van der Waals surface area (Å²) in [6.45, 7) is 7.46. The number of nitrogens with one attached hydrogen (secondary N) is 2. The van der Waals surface area contributed by atoms with E-state index in [0.29, 0.717) is 12.5 Å². The lowest BCUT2D eigenvalue weighted by Gasteiger charge is -2.13. The summed E-state index contributed by atoms with van der Waals surface area (Å²) in [5, 5.41) is 6.03. The Morgan fingerprint density at radius 3 is 2.76 bits per heavy atom. The third-order valence-corrected chi connectivity index (χ3v) is 2.58. The zero-order valence-corrected chi connectivity index (χ0v) is 10.8. The summed E-state index contributed by atoms with van der Waals surface area (Å²) >= 11 is 0. The topological polar surface area (TPSA) is 54.3 Å². The molecule has 1 rings (SSSR count). The lowest BCUT2D eigenvalue weighted by molar-refractivity contribution is -0.122. The van der Waals surface area contributed by atoms with E-state index in [2.05, 4.69) is 24.5 Å². The number of furan rings is 1. The van der Waals surface area contributed by atoms with Gasteiger partial charge in [0, 0.05) is 6.54 Å². The number of hydrogen-bond donors (Lipinski definition) is 2. The predicted molar refractivity (Wildman–Crippen MR) is 67.5 cm³/mol. The molecule has 0 aliphatic carbocycles. The molecule has 0 aliphatic rings. The first-order chi connectivity index (χ1) is 8.09. The van der Waals surface area contributed by atoms with Crippen LogP contribution in [0.4, 0.5) is 0 Å². The fourth-order valence-electron chi connectivity index (χ4n) is 1.40. The van der Waals surface area contributed by atoms with E-state index < -0.39 is 0 Å². The van der Waals surface area contributed by atoms with Crippen molar-refractivity contribution in [3.05, 3.63) is 24.2 Å². The van der Waals surface area contributed by atoms with Gasteiger partial charge in [-0.05, 0) is 31.4 Å². The zero-order valence-electron chi connectivity index (χ0n) is 10.8. The van der Waals surface area contributed by atoms with Crippen LogP contribution in [0.25, 0.3) is 0 Å². The molecule has 2 N–H and O–H groups in total. The maximum Gasteiger partial charge on any atom is 0.236 e. The average Bonchev–Trinajstić information content (AvgIpc) is 2.78. The Balaban J connectivity index is 2.18. The molecule has 4 nitrogen and oxygen atoms in total. The third-order valence-electron chi connectivity index (χ3n) is 2.58. The molecule has 96 valence electrons. The first kappa shape index (κ1) is 13.8. The molecule has 0 saturated heterocycles. The van der Waals surface area contributed by atoms with Gasteiger partial charge >= 0.3 is 0 Å². The second-order valence-electron chi connectivity index (χ2n) is 4.66. The summed E-state index contributed by atoms with van der Waals surface area (Å²) in [5.41, 5.74) is 0. The summed E-state index contributed by atoms with van der Waals surface area (Å²) in [6, 6.07) is 3.52. The van der Waals surface area contributed by atoms with Gasteiger partial charge in [-0.2, -0.15) is 0 Å².